The number of aryl methyl sites for hydroxylation is 1. The number of imidazole rings is 1. The molecular formula is C34H36Cl2N6OS. The number of benzene rings is 3. The van der Waals surface area contributed by atoms with Crippen molar-refractivity contribution in [3.8, 4) is 6.07 Å². The van der Waals surface area contributed by atoms with Gasteiger partial charge in [-0.3, -0.25) is 4.79 Å². The summed E-state index contributed by atoms with van der Waals surface area (Å²) < 4.78 is 1.95. The third-order valence-electron chi connectivity index (χ3n) is 7.09. The van der Waals surface area contributed by atoms with E-state index in [1.807, 2.05) is 64.9 Å². The second-order valence-electron chi connectivity index (χ2n) is 11.3. The molecule has 3 aromatic carbocycles. The van der Waals surface area contributed by atoms with Gasteiger partial charge in [-0.05, 0) is 78.5 Å². The Balaban J connectivity index is 1.50. The Kier molecular flexibility index (Phi) is 11.8. The zero-order valence-corrected chi connectivity index (χ0v) is 27.4. The van der Waals surface area contributed by atoms with Crippen LogP contribution in [0.15, 0.2) is 79.3 Å². The second kappa shape index (κ2) is 15.7. The molecule has 1 heterocycles. The number of carbonyl (C=O) groups is 1. The maximum atomic E-state index is 13.4. The average Bonchev–Trinajstić information content (AvgIpc) is 3.40. The van der Waals surface area contributed by atoms with Crippen LogP contribution in [-0.4, -0.2) is 38.1 Å². The van der Waals surface area contributed by atoms with Crippen molar-refractivity contribution in [2.24, 2.45) is 5.92 Å². The molecule has 0 fully saturated rings. The zero-order chi connectivity index (χ0) is 31.6. The molecule has 2 N–H and O–H groups in total. The Morgan fingerprint density at radius 2 is 1.86 bits per heavy atom. The minimum Gasteiger partial charge on any atom is -0.351 e. The van der Waals surface area contributed by atoms with E-state index in [1.54, 1.807) is 30.7 Å². The van der Waals surface area contributed by atoms with Gasteiger partial charge in [-0.1, -0.05) is 73.4 Å². The van der Waals surface area contributed by atoms with Crippen LogP contribution in [0.1, 0.15) is 48.2 Å². The van der Waals surface area contributed by atoms with Crippen molar-refractivity contribution in [3.05, 3.63) is 117 Å². The number of nitrogens with one attached hydrogen (secondary N) is 2. The van der Waals surface area contributed by atoms with Crippen LogP contribution >= 0.6 is 35.4 Å². The van der Waals surface area contributed by atoms with Crippen molar-refractivity contribution in [2.45, 2.75) is 52.7 Å². The molecule has 0 aliphatic rings. The molecule has 0 saturated heterocycles. The highest BCUT2D eigenvalue weighted by Crippen LogP contribution is 2.27. The first-order valence-corrected chi connectivity index (χ1v) is 15.6. The van der Waals surface area contributed by atoms with Crippen molar-refractivity contribution in [1.82, 2.24) is 19.8 Å². The Bertz CT molecular complexity index is 1630. The van der Waals surface area contributed by atoms with E-state index < -0.39 is 0 Å². The summed E-state index contributed by atoms with van der Waals surface area (Å²) in [6, 6.07) is 22.9. The van der Waals surface area contributed by atoms with E-state index >= 15 is 0 Å². The van der Waals surface area contributed by atoms with Crippen LogP contribution in [0.4, 0.5) is 5.69 Å². The summed E-state index contributed by atoms with van der Waals surface area (Å²) in [7, 11) is 0. The fraction of sp³-hybridized carbons (Fsp3) is 0.294. The Morgan fingerprint density at radius 1 is 1.11 bits per heavy atom. The highest BCUT2D eigenvalue weighted by Gasteiger charge is 2.22. The number of nitriles is 1. The largest absolute Gasteiger partial charge is 0.351 e. The van der Waals surface area contributed by atoms with Gasteiger partial charge in [-0.15, -0.1) is 0 Å². The second-order valence-corrected chi connectivity index (χ2v) is 12.5. The van der Waals surface area contributed by atoms with Crippen LogP contribution in [0, 0.1) is 24.2 Å². The van der Waals surface area contributed by atoms with Gasteiger partial charge in [0.15, 0.2) is 5.11 Å². The third-order valence-corrected chi connectivity index (χ3v) is 8.31. The molecule has 1 atom stereocenters. The highest BCUT2D eigenvalue weighted by atomic mass is 35.5. The molecule has 7 nitrogen and oxygen atoms in total. The van der Waals surface area contributed by atoms with E-state index in [-0.39, 0.29) is 18.4 Å². The summed E-state index contributed by atoms with van der Waals surface area (Å²) in [4.78, 5) is 19.7. The lowest BCUT2D eigenvalue weighted by atomic mass is 10.0. The first-order chi connectivity index (χ1) is 21.1. The molecule has 0 spiro atoms. The molecule has 0 unspecified atom stereocenters. The smallest absolute Gasteiger partial charge is 0.226 e. The maximum absolute atomic E-state index is 13.4. The molecule has 10 heteroatoms. The van der Waals surface area contributed by atoms with Crippen molar-refractivity contribution >= 4 is 52.1 Å². The predicted molar refractivity (Wildman–Crippen MR) is 182 cm³/mol. The van der Waals surface area contributed by atoms with Gasteiger partial charge in [-0.2, -0.15) is 5.26 Å². The van der Waals surface area contributed by atoms with Crippen molar-refractivity contribution in [1.29, 1.82) is 5.26 Å². The van der Waals surface area contributed by atoms with Crippen molar-refractivity contribution in [3.63, 3.8) is 0 Å². The van der Waals surface area contributed by atoms with E-state index in [2.05, 4.69) is 35.5 Å². The zero-order valence-electron chi connectivity index (χ0n) is 25.1. The molecular weight excluding hydrogens is 611 g/mol. The number of aromatic nitrogens is 2. The van der Waals surface area contributed by atoms with Gasteiger partial charge in [0.05, 0.1) is 34.4 Å². The van der Waals surface area contributed by atoms with E-state index in [9.17, 15) is 4.79 Å². The fourth-order valence-corrected chi connectivity index (χ4v) is 5.63. The quantitative estimate of drug-likeness (QED) is 0.156. The highest BCUT2D eigenvalue weighted by molar-refractivity contribution is 7.80. The standard InChI is InChI=1S/C34H36Cl2N6OS/c1-23(2)14-29(39-32(43)16-30-18-38-22-42(30)19-26-12-10-25(17-37)11-13-26)21-41(20-27-7-5-9-31(35)33(27)36)34(44)40-28-8-4-6-24(3)15-28/h4-13,15,18,22-23,29H,14,16,19-21H2,1-3H3,(H,39,43)(H,40,44)/t29-/m0/s1. The number of rotatable bonds is 12. The SMILES string of the molecule is Cc1cccc(NC(=S)N(Cc2cccc(Cl)c2Cl)C[C@H](CC(C)C)NC(=O)Cc2cncn2Cc2ccc(C#N)cc2)c1. The molecule has 0 aliphatic heterocycles. The minimum absolute atomic E-state index is 0.101. The lowest BCUT2D eigenvalue weighted by Gasteiger charge is -2.32. The van der Waals surface area contributed by atoms with Gasteiger partial charge in [0.1, 0.15) is 0 Å². The number of hydrogen-bond acceptors (Lipinski definition) is 4. The number of carbonyl (C=O) groups excluding carboxylic acids is 1. The van der Waals surface area contributed by atoms with Gasteiger partial charge in [0.25, 0.3) is 0 Å². The maximum Gasteiger partial charge on any atom is 0.226 e. The van der Waals surface area contributed by atoms with Crippen LogP contribution < -0.4 is 10.6 Å². The Morgan fingerprint density at radius 3 is 2.57 bits per heavy atom. The molecule has 44 heavy (non-hydrogen) atoms. The summed E-state index contributed by atoms with van der Waals surface area (Å²) in [5.41, 5.74) is 5.27. The van der Waals surface area contributed by atoms with Crippen molar-refractivity contribution < 1.29 is 4.79 Å². The number of amides is 1. The average molecular weight is 648 g/mol. The lowest BCUT2D eigenvalue weighted by Crippen LogP contribution is -2.47. The molecule has 228 valence electrons. The van der Waals surface area contributed by atoms with E-state index in [4.69, 9.17) is 40.7 Å². The molecule has 0 saturated carbocycles. The molecule has 0 aliphatic carbocycles. The molecule has 0 bridgehead atoms. The van der Waals surface area contributed by atoms with E-state index in [0.717, 1.165) is 34.5 Å². The Labute approximate surface area is 274 Å². The molecule has 1 amide bonds. The normalized spacial score (nSPS) is 11.6. The van der Waals surface area contributed by atoms with E-state index in [0.29, 0.717) is 46.3 Å². The third kappa shape index (κ3) is 9.55. The van der Waals surface area contributed by atoms with Crippen molar-refractivity contribution in [2.75, 3.05) is 11.9 Å². The first kappa shape index (κ1) is 33.0. The van der Waals surface area contributed by atoms with E-state index in [1.165, 1.54) is 0 Å². The topological polar surface area (TPSA) is 86.0 Å². The number of hydrogen-bond donors (Lipinski definition) is 2. The summed E-state index contributed by atoms with van der Waals surface area (Å²) in [6.07, 6.45) is 4.37. The van der Waals surface area contributed by atoms with Gasteiger partial charge in [-0.25, -0.2) is 4.98 Å². The summed E-state index contributed by atoms with van der Waals surface area (Å²) >= 11 is 18.8. The monoisotopic (exact) mass is 646 g/mol. The number of thiocarbonyl (C=S) groups is 1. The van der Waals surface area contributed by atoms with Gasteiger partial charge < -0.3 is 20.1 Å². The van der Waals surface area contributed by atoms with Crippen LogP contribution in [0.25, 0.3) is 0 Å². The summed E-state index contributed by atoms with van der Waals surface area (Å²) in [5.74, 6) is 0.229. The van der Waals surface area contributed by atoms with Crippen LogP contribution in [0.2, 0.25) is 10.0 Å². The summed E-state index contributed by atoms with van der Waals surface area (Å²) in [5, 5.41) is 17.2. The number of halogens is 2. The first-order valence-electron chi connectivity index (χ1n) is 14.4. The Hall–Kier alpha value is -3.90. The number of anilines is 1. The summed E-state index contributed by atoms with van der Waals surface area (Å²) in [6.45, 7) is 7.73. The predicted octanol–water partition coefficient (Wildman–Crippen LogP) is 7.39. The fourth-order valence-electron chi connectivity index (χ4n) is 5.00. The molecule has 0 radical (unpaired) electrons. The molecule has 1 aromatic heterocycles. The molecule has 4 rings (SSSR count). The number of nitrogens with zero attached hydrogens (tertiary/aromatic N) is 4. The lowest BCUT2D eigenvalue weighted by molar-refractivity contribution is -0.121. The van der Waals surface area contributed by atoms with Crippen LogP contribution in [0.3, 0.4) is 0 Å². The van der Waals surface area contributed by atoms with Gasteiger partial charge in [0, 0.05) is 43.3 Å². The van der Waals surface area contributed by atoms with Gasteiger partial charge in [0.2, 0.25) is 5.91 Å². The van der Waals surface area contributed by atoms with Gasteiger partial charge >= 0.3 is 0 Å². The van der Waals surface area contributed by atoms with Crippen LogP contribution in [-0.2, 0) is 24.3 Å². The molecule has 4 aromatic rings. The minimum atomic E-state index is -0.187. The van der Waals surface area contributed by atoms with Crippen LogP contribution in [0.5, 0.6) is 0 Å².